The number of hydrogen-bond donors (Lipinski definition) is 0. The van der Waals surface area contributed by atoms with Crippen LogP contribution in [0.3, 0.4) is 0 Å². The number of nitrogens with zero attached hydrogens (tertiary/aromatic N) is 3. The lowest BCUT2D eigenvalue weighted by Crippen LogP contribution is -2.05. The third-order valence-corrected chi connectivity index (χ3v) is 3.98. The largest absolute Gasteiger partial charge is 0.494 e. The molecule has 0 bridgehead atoms. The lowest BCUT2D eigenvalue weighted by molar-refractivity contribution is -0.384. The molecular weight excluding hydrogens is 378 g/mol. The Bertz CT molecular complexity index is 967. The molecule has 0 saturated carbocycles. The number of esters is 1. The Balaban J connectivity index is 1.55. The Kier molecular flexibility index (Phi) is 6.51. The van der Waals surface area contributed by atoms with Gasteiger partial charge < -0.3 is 13.9 Å². The summed E-state index contributed by atoms with van der Waals surface area (Å²) in [6.45, 7) is 2.53. The van der Waals surface area contributed by atoms with Crippen LogP contribution < -0.4 is 4.74 Å². The van der Waals surface area contributed by atoms with Crippen molar-refractivity contribution in [3.8, 4) is 17.2 Å². The van der Waals surface area contributed by atoms with E-state index in [0.717, 1.165) is 12.8 Å². The van der Waals surface area contributed by atoms with E-state index >= 15 is 0 Å². The van der Waals surface area contributed by atoms with Crippen LogP contribution in [0.1, 0.15) is 36.0 Å². The topological polar surface area (TPSA) is 118 Å². The normalized spacial score (nSPS) is 10.5. The second kappa shape index (κ2) is 9.45. The molecule has 0 aliphatic carbocycles. The minimum Gasteiger partial charge on any atom is -0.494 e. The number of unbranched alkanes of at least 4 members (excludes halogenated alkanes) is 1. The van der Waals surface area contributed by atoms with E-state index < -0.39 is 10.9 Å². The number of hydrogen-bond acceptors (Lipinski definition) is 8. The summed E-state index contributed by atoms with van der Waals surface area (Å²) >= 11 is 0. The smallest absolute Gasteiger partial charge is 0.338 e. The van der Waals surface area contributed by atoms with Gasteiger partial charge in [0.1, 0.15) is 5.75 Å². The van der Waals surface area contributed by atoms with Gasteiger partial charge in [0.2, 0.25) is 5.89 Å². The molecule has 3 rings (SSSR count). The third-order valence-electron chi connectivity index (χ3n) is 3.98. The Hall–Kier alpha value is -3.75. The molecule has 2 aromatic carbocycles. The number of carbonyl (C=O) groups excluding carboxylic acids is 1. The van der Waals surface area contributed by atoms with E-state index in [-0.39, 0.29) is 24.1 Å². The van der Waals surface area contributed by atoms with Crippen LogP contribution in [0.25, 0.3) is 11.5 Å². The second-order valence-corrected chi connectivity index (χ2v) is 6.11. The maximum atomic E-state index is 12.2. The molecule has 0 spiro atoms. The maximum absolute atomic E-state index is 12.2. The number of rotatable bonds is 9. The van der Waals surface area contributed by atoms with Gasteiger partial charge in [-0.15, -0.1) is 10.2 Å². The summed E-state index contributed by atoms with van der Waals surface area (Å²) in [7, 11) is 0. The van der Waals surface area contributed by atoms with Crippen LogP contribution >= 0.6 is 0 Å². The average Bonchev–Trinajstić information content (AvgIpc) is 3.22. The van der Waals surface area contributed by atoms with Crippen molar-refractivity contribution >= 4 is 11.7 Å². The summed E-state index contributed by atoms with van der Waals surface area (Å²) in [4.78, 5) is 22.4. The molecule has 1 aromatic heterocycles. The van der Waals surface area contributed by atoms with Crippen LogP contribution in [-0.4, -0.2) is 27.7 Å². The van der Waals surface area contributed by atoms with Crippen molar-refractivity contribution in [3.05, 3.63) is 70.1 Å². The Morgan fingerprint density at radius 3 is 2.48 bits per heavy atom. The van der Waals surface area contributed by atoms with E-state index in [0.29, 0.717) is 23.5 Å². The minimum absolute atomic E-state index is 0.0378. The zero-order chi connectivity index (χ0) is 20.6. The van der Waals surface area contributed by atoms with Crippen LogP contribution in [0.15, 0.2) is 52.9 Å². The van der Waals surface area contributed by atoms with Crippen molar-refractivity contribution in [2.24, 2.45) is 0 Å². The van der Waals surface area contributed by atoms with Crippen molar-refractivity contribution in [2.45, 2.75) is 26.4 Å². The van der Waals surface area contributed by atoms with E-state index in [1.54, 1.807) is 24.3 Å². The van der Waals surface area contributed by atoms with Gasteiger partial charge in [-0.1, -0.05) is 13.3 Å². The van der Waals surface area contributed by atoms with E-state index in [1.165, 1.54) is 24.3 Å². The lowest BCUT2D eigenvalue weighted by atomic mass is 10.2. The molecule has 0 unspecified atom stereocenters. The number of aromatic nitrogens is 2. The number of ether oxygens (including phenoxy) is 2. The van der Waals surface area contributed by atoms with Crippen LogP contribution in [0.2, 0.25) is 0 Å². The molecule has 0 radical (unpaired) electrons. The molecule has 0 saturated heterocycles. The molecule has 0 amide bonds. The highest BCUT2D eigenvalue weighted by Gasteiger charge is 2.14. The summed E-state index contributed by atoms with van der Waals surface area (Å²) in [6.07, 6.45) is 2.02. The SMILES string of the molecule is CCCCOc1ccc(C(=O)OCc2nnc(-c3ccc([N+](=O)[O-])cc3)o2)cc1. The molecule has 3 aromatic rings. The van der Waals surface area contributed by atoms with Crippen molar-refractivity contribution < 1.29 is 23.6 Å². The van der Waals surface area contributed by atoms with Gasteiger partial charge in [-0.25, -0.2) is 4.79 Å². The second-order valence-electron chi connectivity index (χ2n) is 6.11. The molecule has 0 aliphatic heterocycles. The molecule has 1 heterocycles. The van der Waals surface area contributed by atoms with Gasteiger partial charge >= 0.3 is 5.97 Å². The van der Waals surface area contributed by atoms with E-state index in [4.69, 9.17) is 13.9 Å². The predicted molar refractivity (Wildman–Crippen MR) is 102 cm³/mol. The van der Waals surface area contributed by atoms with E-state index in [9.17, 15) is 14.9 Å². The molecular formula is C20H19N3O6. The van der Waals surface area contributed by atoms with Crippen LogP contribution in [0.4, 0.5) is 5.69 Å². The minimum atomic E-state index is -0.528. The van der Waals surface area contributed by atoms with Gasteiger partial charge in [0.15, 0.2) is 6.61 Å². The van der Waals surface area contributed by atoms with Gasteiger partial charge in [0.05, 0.1) is 17.1 Å². The standard InChI is InChI=1S/C20H19N3O6/c1-2-3-12-27-17-10-6-15(7-11-17)20(24)28-13-18-21-22-19(29-18)14-4-8-16(9-5-14)23(25)26/h4-11H,2-3,12-13H2,1H3. The predicted octanol–water partition coefficient (Wildman–Crippen LogP) is 4.18. The highest BCUT2D eigenvalue weighted by Crippen LogP contribution is 2.21. The number of nitro groups is 1. The first-order valence-electron chi connectivity index (χ1n) is 9.04. The highest BCUT2D eigenvalue weighted by molar-refractivity contribution is 5.89. The van der Waals surface area contributed by atoms with Gasteiger partial charge in [-0.2, -0.15) is 0 Å². The van der Waals surface area contributed by atoms with E-state index in [2.05, 4.69) is 17.1 Å². The van der Waals surface area contributed by atoms with Gasteiger partial charge in [-0.05, 0) is 42.8 Å². The molecule has 9 heteroatoms. The quantitative estimate of drug-likeness (QED) is 0.228. The zero-order valence-corrected chi connectivity index (χ0v) is 15.7. The summed E-state index contributed by atoms with van der Waals surface area (Å²) in [6, 6.07) is 12.4. The number of carbonyl (C=O) groups is 1. The van der Waals surface area contributed by atoms with Crippen molar-refractivity contribution in [1.29, 1.82) is 0 Å². The maximum Gasteiger partial charge on any atom is 0.338 e. The van der Waals surface area contributed by atoms with E-state index in [1.807, 2.05) is 0 Å². The number of nitro benzene ring substituents is 1. The first-order chi connectivity index (χ1) is 14.1. The Labute approximate surface area is 166 Å². The molecule has 150 valence electrons. The number of benzene rings is 2. The summed E-state index contributed by atoms with van der Waals surface area (Å²) in [5.41, 5.74) is 0.867. The van der Waals surface area contributed by atoms with Crippen molar-refractivity contribution in [2.75, 3.05) is 6.61 Å². The molecule has 0 aliphatic rings. The molecule has 0 atom stereocenters. The fourth-order valence-electron chi connectivity index (χ4n) is 2.39. The van der Waals surface area contributed by atoms with Crippen LogP contribution in [0.5, 0.6) is 5.75 Å². The molecule has 0 fully saturated rings. The number of non-ortho nitro benzene ring substituents is 1. The third kappa shape index (κ3) is 5.38. The Morgan fingerprint density at radius 1 is 1.10 bits per heavy atom. The molecule has 29 heavy (non-hydrogen) atoms. The van der Waals surface area contributed by atoms with Gasteiger partial charge in [-0.3, -0.25) is 10.1 Å². The van der Waals surface area contributed by atoms with Crippen LogP contribution in [-0.2, 0) is 11.3 Å². The van der Waals surface area contributed by atoms with Crippen molar-refractivity contribution in [1.82, 2.24) is 10.2 Å². The summed E-state index contributed by atoms with van der Waals surface area (Å²) < 4.78 is 16.2. The van der Waals surface area contributed by atoms with Gasteiger partial charge in [0.25, 0.3) is 11.6 Å². The molecule has 9 nitrogen and oxygen atoms in total. The Morgan fingerprint density at radius 2 is 1.83 bits per heavy atom. The first-order valence-corrected chi connectivity index (χ1v) is 9.04. The monoisotopic (exact) mass is 397 g/mol. The first kappa shape index (κ1) is 20.0. The van der Waals surface area contributed by atoms with Gasteiger partial charge in [0, 0.05) is 17.7 Å². The fraction of sp³-hybridized carbons (Fsp3) is 0.250. The lowest BCUT2D eigenvalue weighted by Gasteiger charge is -2.06. The average molecular weight is 397 g/mol. The summed E-state index contributed by atoms with van der Waals surface area (Å²) in [5.74, 6) is 0.464. The molecule has 0 N–H and O–H groups in total. The fourth-order valence-corrected chi connectivity index (χ4v) is 2.39. The summed E-state index contributed by atoms with van der Waals surface area (Å²) in [5, 5.41) is 18.4. The van der Waals surface area contributed by atoms with Crippen molar-refractivity contribution in [3.63, 3.8) is 0 Å². The zero-order valence-electron chi connectivity index (χ0n) is 15.7. The highest BCUT2D eigenvalue weighted by atomic mass is 16.6. The van der Waals surface area contributed by atoms with Crippen LogP contribution in [0, 0.1) is 10.1 Å².